The Bertz CT molecular complexity index is 646. The van der Waals surface area contributed by atoms with Crippen LogP contribution >= 0.6 is 0 Å². The molecule has 2 N–H and O–H groups in total. The third kappa shape index (κ3) is 3.79. The zero-order valence-corrected chi connectivity index (χ0v) is 12.7. The lowest BCUT2D eigenvalue weighted by molar-refractivity contribution is 0.0760. The first kappa shape index (κ1) is 15.9. The molecule has 1 aromatic rings. The third-order valence-corrected chi connectivity index (χ3v) is 4.71. The summed E-state index contributed by atoms with van der Waals surface area (Å²) in [5, 5.41) is 4.96. The summed E-state index contributed by atoms with van der Waals surface area (Å²) in [4.78, 5) is 13.5. The van der Waals surface area contributed by atoms with Crippen molar-refractivity contribution in [2.24, 2.45) is 11.1 Å². The van der Waals surface area contributed by atoms with Crippen LogP contribution in [0.15, 0.2) is 23.1 Å². The largest absolute Gasteiger partial charge is 0.339 e. The second-order valence-electron chi connectivity index (χ2n) is 5.52. The van der Waals surface area contributed by atoms with Crippen molar-refractivity contribution in [3.05, 3.63) is 29.6 Å². The summed E-state index contributed by atoms with van der Waals surface area (Å²) in [5.41, 5.74) is 0.148. The number of hydrogen-bond donors (Lipinski definition) is 1. The van der Waals surface area contributed by atoms with E-state index in [1.165, 1.54) is 6.07 Å². The zero-order valence-electron chi connectivity index (χ0n) is 11.9. The van der Waals surface area contributed by atoms with Gasteiger partial charge < -0.3 is 4.90 Å². The van der Waals surface area contributed by atoms with Gasteiger partial charge in [0.1, 0.15) is 10.7 Å². The van der Waals surface area contributed by atoms with E-state index in [4.69, 9.17) is 5.14 Å². The van der Waals surface area contributed by atoms with Crippen molar-refractivity contribution in [2.75, 3.05) is 13.1 Å². The van der Waals surface area contributed by atoms with Crippen LogP contribution in [0.5, 0.6) is 0 Å². The van der Waals surface area contributed by atoms with Crippen LogP contribution in [0.4, 0.5) is 4.39 Å². The minimum atomic E-state index is -4.18. The summed E-state index contributed by atoms with van der Waals surface area (Å²) in [5.74, 6) is -0.663. The van der Waals surface area contributed by atoms with Crippen LogP contribution in [0.3, 0.4) is 0 Å². The maximum absolute atomic E-state index is 13.5. The molecular weight excluding hydrogens is 295 g/mol. The van der Waals surface area contributed by atoms with Gasteiger partial charge >= 0.3 is 0 Å². The minimum absolute atomic E-state index is 0.148. The van der Waals surface area contributed by atoms with Gasteiger partial charge in [0.15, 0.2) is 0 Å². The summed E-state index contributed by atoms with van der Waals surface area (Å²) < 4.78 is 36.1. The molecule has 116 valence electrons. The van der Waals surface area contributed by atoms with Crippen LogP contribution in [-0.4, -0.2) is 32.3 Å². The number of carbonyl (C=O) groups is 1. The number of nitrogens with zero attached hydrogens (tertiary/aromatic N) is 1. The molecule has 1 aliphatic rings. The van der Waals surface area contributed by atoms with Crippen LogP contribution in [-0.2, 0) is 10.0 Å². The number of halogens is 1. The zero-order chi connectivity index (χ0) is 15.6. The number of benzene rings is 1. The molecule has 0 radical (unpaired) electrons. The number of nitrogens with two attached hydrogens (primary N) is 1. The maximum Gasteiger partial charge on any atom is 0.253 e. The van der Waals surface area contributed by atoms with E-state index >= 15 is 0 Å². The fraction of sp³-hybridized carbons (Fsp3) is 0.500. The molecule has 0 saturated carbocycles. The molecule has 0 spiro atoms. The Balaban J connectivity index is 2.27. The quantitative estimate of drug-likeness (QED) is 0.903. The van der Waals surface area contributed by atoms with E-state index in [1.807, 2.05) is 0 Å². The fourth-order valence-electron chi connectivity index (χ4n) is 2.50. The maximum atomic E-state index is 13.5. The number of primary sulfonamides is 1. The fourth-order valence-corrected chi connectivity index (χ4v) is 3.13. The van der Waals surface area contributed by atoms with E-state index in [2.05, 4.69) is 6.92 Å². The van der Waals surface area contributed by atoms with Crippen molar-refractivity contribution in [2.45, 2.75) is 31.1 Å². The highest BCUT2D eigenvalue weighted by Gasteiger charge is 2.22. The van der Waals surface area contributed by atoms with Crippen molar-refractivity contribution in [1.29, 1.82) is 0 Å². The number of carbonyl (C=O) groups excluding carboxylic acids is 1. The highest BCUT2D eigenvalue weighted by Crippen LogP contribution is 2.20. The third-order valence-electron chi connectivity index (χ3n) is 3.79. The Morgan fingerprint density at radius 2 is 2.05 bits per heavy atom. The molecule has 1 saturated heterocycles. The molecule has 1 fully saturated rings. The summed E-state index contributed by atoms with van der Waals surface area (Å²) in [6.07, 6.45) is 2.89. The molecule has 1 amide bonds. The van der Waals surface area contributed by atoms with Crippen LogP contribution in [0, 0.1) is 11.7 Å². The van der Waals surface area contributed by atoms with Gasteiger partial charge in [0.2, 0.25) is 10.0 Å². The van der Waals surface area contributed by atoms with E-state index in [-0.39, 0.29) is 11.5 Å². The van der Waals surface area contributed by atoms with Gasteiger partial charge in [-0.05, 0) is 43.4 Å². The molecule has 7 heteroatoms. The van der Waals surface area contributed by atoms with Gasteiger partial charge in [-0.3, -0.25) is 4.79 Å². The molecule has 1 unspecified atom stereocenters. The first-order valence-corrected chi connectivity index (χ1v) is 8.45. The van der Waals surface area contributed by atoms with Gasteiger partial charge in [0.25, 0.3) is 5.91 Å². The lowest BCUT2D eigenvalue weighted by Crippen LogP contribution is -2.32. The van der Waals surface area contributed by atoms with Crippen LogP contribution < -0.4 is 5.14 Å². The van der Waals surface area contributed by atoms with Crippen molar-refractivity contribution in [1.82, 2.24) is 4.90 Å². The standard InChI is InChI=1S/C14H19FN2O3S/c1-10-3-2-7-17(8-6-10)14(18)11-4-5-12(15)13(9-11)21(16,19)20/h4-5,9-10H,2-3,6-8H2,1H3,(H2,16,19,20). The molecular formula is C14H19FN2O3S. The van der Waals surface area contributed by atoms with Gasteiger partial charge in [-0.2, -0.15) is 0 Å². The van der Waals surface area contributed by atoms with E-state index in [0.29, 0.717) is 19.0 Å². The number of likely N-dealkylation sites (tertiary alicyclic amines) is 1. The summed E-state index contributed by atoms with van der Waals surface area (Å²) in [7, 11) is -4.18. The SMILES string of the molecule is CC1CCCN(C(=O)c2ccc(F)c(S(N)(=O)=O)c2)CC1. The lowest BCUT2D eigenvalue weighted by Gasteiger charge is -2.20. The monoisotopic (exact) mass is 314 g/mol. The topological polar surface area (TPSA) is 80.5 Å². The molecule has 1 aromatic carbocycles. The van der Waals surface area contributed by atoms with E-state index < -0.39 is 20.7 Å². The van der Waals surface area contributed by atoms with Crippen LogP contribution in [0.1, 0.15) is 36.5 Å². The molecule has 1 heterocycles. The summed E-state index contributed by atoms with van der Waals surface area (Å²) in [6, 6.07) is 3.27. The number of hydrogen-bond acceptors (Lipinski definition) is 3. The highest BCUT2D eigenvalue weighted by atomic mass is 32.2. The van der Waals surface area contributed by atoms with Crippen molar-refractivity contribution < 1.29 is 17.6 Å². The molecule has 0 aliphatic carbocycles. The Hall–Kier alpha value is -1.47. The van der Waals surface area contributed by atoms with E-state index in [0.717, 1.165) is 31.4 Å². The Labute approximate surface area is 124 Å². The molecule has 1 atom stereocenters. The predicted octanol–water partition coefficient (Wildman–Crippen LogP) is 1.74. The summed E-state index contributed by atoms with van der Waals surface area (Å²) in [6.45, 7) is 3.40. The lowest BCUT2D eigenvalue weighted by atomic mass is 10.0. The predicted molar refractivity (Wildman–Crippen MR) is 76.7 cm³/mol. The van der Waals surface area contributed by atoms with Crippen molar-refractivity contribution in [3.8, 4) is 0 Å². The molecule has 5 nitrogen and oxygen atoms in total. The Morgan fingerprint density at radius 3 is 2.71 bits per heavy atom. The Kier molecular flexibility index (Phi) is 4.63. The Morgan fingerprint density at radius 1 is 1.33 bits per heavy atom. The number of sulfonamides is 1. The van der Waals surface area contributed by atoms with Crippen LogP contribution in [0.2, 0.25) is 0 Å². The van der Waals surface area contributed by atoms with Gasteiger partial charge in [-0.15, -0.1) is 0 Å². The number of amides is 1. The molecule has 2 rings (SSSR count). The average Bonchev–Trinajstić information content (AvgIpc) is 2.62. The second-order valence-corrected chi connectivity index (χ2v) is 7.05. The second kappa shape index (κ2) is 6.11. The van der Waals surface area contributed by atoms with Gasteiger partial charge in [0.05, 0.1) is 0 Å². The van der Waals surface area contributed by atoms with Gasteiger partial charge in [0, 0.05) is 18.7 Å². The smallest absolute Gasteiger partial charge is 0.253 e. The van der Waals surface area contributed by atoms with E-state index in [1.54, 1.807) is 4.90 Å². The first-order valence-electron chi connectivity index (χ1n) is 6.90. The molecule has 21 heavy (non-hydrogen) atoms. The molecule has 0 aromatic heterocycles. The first-order chi connectivity index (χ1) is 9.79. The van der Waals surface area contributed by atoms with Crippen molar-refractivity contribution >= 4 is 15.9 Å². The normalized spacial score (nSPS) is 20.1. The van der Waals surface area contributed by atoms with E-state index in [9.17, 15) is 17.6 Å². The number of rotatable bonds is 2. The summed E-state index contributed by atoms with van der Waals surface area (Å²) >= 11 is 0. The van der Waals surface area contributed by atoms with Crippen LogP contribution in [0.25, 0.3) is 0 Å². The average molecular weight is 314 g/mol. The minimum Gasteiger partial charge on any atom is -0.339 e. The van der Waals surface area contributed by atoms with Crippen molar-refractivity contribution in [3.63, 3.8) is 0 Å². The highest BCUT2D eigenvalue weighted by molar-refractivity contribution is 7.89. The van der Waals surface area contributed by atoms with Gasteiger partial charge in [-0.1, -0.05) is 6.92 Å². The molecule has 1 aliphatic heterocycles. The van der Waals surface area contributed by atoms with Gasteiger partial charge in [-0.25, -0.2) is 17.9 Å². The molecule has 0 bridgehead atoms.